The predicted octanol–water partition coefficient (Wildman–Crippen LogP) is 7.02. The maximum Gasteiger partial charge on any atom is 0.264 e. The fraction of sp³-hybridized carbons (Fsp3) is 0.312. The predicted molar refractivity (Wildman–Crippen MR) is 157 cm³/mol. The normalized spacial score (nSPS) is 16.5. The molecule has 0 saturated carbocycles. The quantitative estimate of drug-likeness (QED) is 0.246. The number of para-hydroxylation sites is 1. The molecule has 39 heavy (non-hydrogen) atoms. The van der Waals surface area contributed by atoms with Gasteiger partial charge < -0.3 is 9.72 Å². The molecule has 204 valence electrons. The minimum absolute atomic E-state index is 0.233. The van der Waals surface area contributed by atoms with Gasteiger partial charge in [0, 0.05) is 36.1 Å². The summed E-state index contributed by atoms with van der Waals surface area (Å²) in [4.78, 5) is 6.37. The van der Waals surface area contributed by atoms with E-state index in [0.29, 0.717) is 24.0 Å². The second-order valence-corrected chi connectivity index (χ2v) is 11.9. The molecule has 0 unspecified atom stereocenters. The van der Waals surface area contributed by atoms with Crippen molar-refractivity contribution in [3.8, 4) is 17.0 Å². The third-order valence-electron chi connectivity index (χ3n) is 7.55. The van der Waals surface area contributed by atoms with Crippen LogP contribution >= 0.6 is 0 Å². The van der Waals surface area contributed by atoms with Crippen LogP contribution in [0.3, 0.4) is 0 Å². The lowest BCUT2D eigenvalue weighted by molar-refractivity contribution is 0.190. The molecule has 1 N–H and O–H groups in total. The van der Waals surface area contributed by atoms with Crippen LogP contribution in [0.2, 0.25) is 0 Å². The number of likely N-dealkylation sites (tertiary alicyclic amines) is 1. The van der Waals surface area contributed by atoms with Crippen LogP contribution in [0.25, 0.3) is 11.3 Å². The molecule has 2 heterocycles. The number of nitrogens with one attached hydrogen (secondary N) is 1. The van der Waals surface area contributed by atoms with Crippen molar-refractivity contribution < 1.29 is 13.2 Å². The van der Waals surface area contributed by atoms with E-state index in [0.717, 1.165) is 36.5 Å². The van der Waals surface area contributed by atoms with Crippen molar-refractivity contribution in [2.24, 2.45) is 0 Å². The van der Waals surface area contributed by atoms with Crippen LogP contribution in [0, 0.1) is 0 Å². The maximum absolute atomic E-state index is 13.7. The number of methoxy groups -OCH3 is 1. The second kappa shape index (κ2) is 12.1. The molecule has 1 atom stereocenters. The Labute approximate surface area is 232 Å². The van der Waals surface area contributed by atoms with E-state index in [1.165, 1.54) is 29.1 Å². The summed E-state index contributed by atoms with van der Waals surface area (Å²) in [6.45, 7) is 4.03. The summed E-state index contributed by atoms with van der Waals surface area (Å²) in [6, 6.07) is 29.6. The molecule has 6 nitrogen and oxygen atoms in total. The van der Waals surface area contributed by atoms with Gasteiger partial charge in [0.2, 0.25) is 0 Å². The van der Waals surface area contributed by atoms with Crippen molar-refractivity contribution >= 4 is 15.7 Å². The third-order valence-corrected chi connectivity index (χ3v) is 9.45. The molecule has 0 spiro atoms. The number of ether oxygens (including phenoxy) is 1. The molecule has 1 aliphatic rings. The fourth-order valence-corrected chi connectivity index (χ4v) is 7.09. The molecule has 0 aliphatic carbocycles. The van der Waals surface area contributed by atoms with Crippen LogP contribution in [-0.2, 0) is 16.6 Å². The SMILES string of the molecule is CCN(c1ccccc1)S(=O)(=O)c1ccc(OC)c(-c2ccc(CN3CCCCC[C@@H]3c3ccccc3)[nH]2)c1. The number of nitrogens with zero attached hydrogens (tertiary/aromatic N) is 2. The second-order valence-electron chi connectivity index (χ2n) is 10.0. The Bertz CT molecular complexity index is 1470. The third kappa shape index (κ3) is 5.89. The first-order valence-corrected chi connectivity index (χ1v) is 15.2. The van der Waals surface area contributed by atoms with E-state index < -0.39 is 10.0 Å². The average Bonchev–Trinajstić information content (AvgIpc) is 3.31. The number of aromatic nitrogens is 1. The van der Waals surface area contributed by atoms with E-state index in [4.69, 9.17) is 4.74 Å². The van der Waals surface area contributed by atoms with Gasteiger partial charge in [0.25, 0.3) is 10.0 Å². The lowest BCUT2D eigenvalue weighted by Gasteiger charge is -2.30. The van der Waals surface area contributed by atoms with Crippen LogP contribution in [-0.4, -0.2) is 38.5 Å². The van der Waals surface area contributed by atoms with E-state index >= 15 is 0 Å². The van der Waals surface area contributed by atoms with Gasteiger partial charge in [-0.1, -0.05) is 61.4 Å². The van der Waals surface area contributed by atoms with E-state index in [9.17, 15) is 8.42 Å². The number of anilines is 1. The Morgan fingerprint density at radius 3 is 2.38 bits per heavy atom. The smallest absolute Gasteiger partial charge is 0.264 e. The van der Waals surface area contributed by atoms with Crippen LogP contribution < -0.4 is 9.04 Å². The first kappa shape index (κ1) is 27.0. The number of hydrogen-bond donors (Lipinski definition) is 1. The number of benzene rings is 3. The Balaban J connectivity index is 1.44. The molecule has 0 amide bonds. The number of hydrogen-bond acceptors (Lipinski definition) is 4. The molecule has 0 radical (unpaired) electrons. The van der Waals surface area contributed by atoms with Crippen molar-refractivity contribution in [1.29, 1.82) is 0 Å². The van der Waals surface area contributed by atoms with Gasteiger partial charge in [0.1, 0.15) is 5.75 Å². The fourth-order valence-electron chi connectivity index (χ4n) is 5.59. The molecular weight excluding hydrogens is 506 g/mol. The summed E-state index contributed by atoms with van der Waals surface area (Å²) in [6.07, 6.45) is 4.84. The van der Waals surface area contributed by atoms with E-state index in [2.05, 4.69) is 46.3 Å². The Morgan fingerprint density at radius 2 is 1.67 bits per heavy atom. The summed E-state index contributed by atoms with van der Waals surface area (Å²) in [5.74, 6) is 0.627. The number of H-pyrrole nitrogens is 1. The highest BCUT2D eigenvalue weighted by Gasteiger charge is 2.26. The summed E-state index contributed by atoms with van der Waals surface area (Å²) < 4.78 is 34.5. The summed E-state index contributed by atoms with van der Waals surface area (Å²) >= 11 is 0. The van der Waals surface area contributed by atoms with Crippen molar-refractivity contribution in [2.45, 2.75) is 50.1 Å². The molecule has 0 bridgehead atoms. The first-order valence-electron chi connectivity index (χ1n) is 13.7. The van der Waals surface area contributed by atoms with Gasteiger partial charge >= 0.3 is 0 Å². The molecule has 4 aromatic rings. The first-order chi connectivity index (χ1) is 19.0. The topological polar surface area (TPSA) is 65.6 Å². The zero-order valence-corrected chi connectivity index (χ0v) is 23.5. The van der Waals surface area contributed by atoms with Gasteiger partial charge in [-0.25, -0.2) is 8.42 Å². The Kier molecular flexibility index (Phi) is 8.38. The summed E-state index contributed by atoms with van der Waals surface area (Å²) in [7, 11) is -2.15. The van der Waals surface area contributed by atoms with Crippen molar-refractivity contribution in [3.63, 3.8) is 0 Å². The summed E-state index contributed by atoms with van der Waals surface area (Å²) in [5.41, 5.74) is 4.68. The number of rotatable bonds is 9. The highest BCUT2D eigenvalue weighted by Crippen LogP contribution is 2.35. The molecule has 1 aromatic heterocycles. The van der Waals surface area contributed by atoms with E-state index in [1.54, 1.807) is 25.3 Å². The average molecular weight is 544 g/mol. The van der Waals surface area contributed by atoms with Crippen molar-refractivity contribution in [3.05, 3.63) is 102 Å². The Hall–Kier alpha value is -3.55. The van der Waals surface area contributed by atoms with Gasteiger partial charge in [-0.3, -0.25) is 9.21 Å². The van der Waals surface area contributed by atoms with Gasteiger partial charge in [-0.05, 0) is 74.3 Å². The van der Waals surface area contributed by atoms with Crippen LogP contribution in [0.15, 0.2) is 95.9 Å². The van der Waals surface area contributed by atoms with Crippen LogP contribution in [0.4, 0.5) is 5.69 Å². The standard InChI is InChI=1S/C32H37N3O3S/c1-3-35(27-15-9-5-10-16-27)39(36,37)28-19-21-32(38-2)29(23-28)30-20-18-26(33-30)24-34-22-12-6-11-17-31(34)25-13-7-4-8-14-25/h4-5,7-10,13-16,18-21,23,31,33H,3,6,11-12,17,22,24H2,1-2H3/t31-/m1/s1. The molecule has 3 aromatic carbocycles. The van der Waals surface area contributed by atoms with Crippen LogP contribution in [0.1, 0.15) is 49.9 Å². The van der Waals surface area contributed by atoms with E-state index in [-0.39, 0.29) is 4.90 Å². The van der Waals surface area contributed by atoms with Crippen LogP contribution in [0.5, 0.6) is 5.75 Å². The number of aromatic amines is 1. The molecule has 1 fully saturated rings. The lowest BCUT2D eigenvalue weighted by Crippen LogP contribution is -2.30. The van der Waals surface area contributed by atoms with Gasteiger partial charge in [0.05, 0.1) is 17.7 Å². The minimum atomic E-state index is -3.76. The maximum atomic E-state index is 13.7. The monoisotopic (exact) mass is 543 g/mol. The minimum Gasteiger partial charge on any atom is -0.496 e. The van der Waals surface area contributed by atoms with Gasteiger partial charge in [-0.15, -0.1) is 0 Å². The molecule has 1 saturated heterocycles. The van der Waals surface area contributed by atoms with Crippen molar-refractivity contribution in [2.75, 3.05) is 24.5 Å². The van der Waals surface area contributed by atoms with Crippen molar-refractivity contribution in [1.82, 2.24) is 9.88 Å². The largest absolute Gasteiger partial charge is 0.496 e. The van der Waals surface area contributed by atoms with Gasteiger partial charge in [0.15, 0.2) is 0 Å². The highest BCUT2D eigenvalue weighted by atomic mass is 32.2. The molecular formula is C32H37N3O3S. The van der Waals surface area contributed by atoms with E-state index in [1.807, 2.05) is 43.3 Å². The zero-order valence-electron chi connectivity index (χ0n) is 22.7. The Morgan fingerprint density at radius 1 is 0.923 bits per heavy atom. The zero-order chi connectivity index (χ0) is 27.2. The van der Waals surface area contributed by atoms with Gasteiger partial charge in [-0.2, -0.15) is 0 Å². The molecule has 7 heteroatoms. The molecule has 1 aliphatic heterocycles. The highest BCUT2D eigenvalue weighted by molar-refractivity contribution is 7.92. The summed E-state index contributed by atoms with van der Waals surface area (Å²) in [5, 5.41) is 0. The number of sulfonamides is 1. The lowest BCUT2D eigenvalue weighted by atomic mass is 10.0. The molecule has 5 rings (SSSR count).